The average molecular weight is 279 g/mol. The van der Waals surface area contributed by atoms with Crippen molar-refractivity contribution in [2.75, 3.05) is 14.2 Å². The van der Waals surface area contributed by atoms with Gasteiger partial charge in [-0.05, 0) is 0 Å². The van der Waals surface area contributed by atoms with Gasteiger partial charge in [0.15, 0.2) is 0 Å². The molecule has 0 atom stereocenters. The Hall–Kier alpha value is 0.0395. The van der Waals surface area contributed by atoms with Crippen LogP contribution in [0.15, 0.2) is 17.0 Å². The van der Waals surface area contributed by atoms with Crippen molar-refractivity contribution in [3.05, 3.63) is 12.1 Å². The van der Waals surface area contributed by atoms with Crippen molar-refractivity contribution in [3.63, 3.8) is 0 Å². The minimum absolute atomic E-state index is 0.458. The molecule has 70 valence electrons. The van der Waals surface area contributed by atoms with E-state index in [4.69, 9.17) is 9.47 Å². The zero-order valence-corrected chi connectivity index (χ0v) is 10.5. The second-order valence-corrected chi connectivity index (χ2v) is 8.62. The predicted molar refractivity (Wildman–Crippen MR) is 58.4 cm³/mol. The van der Waals surface area contributed by atoms with Gasteiger partial charge in [-0.25, -0.2) is 0 Å². The number of fused-ring (bicyclic) bond motifs is 1. The first-order valence-electron chi connectivity index (χ1n) is 3.63. The molecule has 2 nitrogen and oxygen atoms in total. The Morgan fingerprint density at radius 2 is 1.85 bits per heavy atom. The van der Waals surface area contributed by atoms with E-state index in [-0.39, 0.29) is 0 Å². The van der Waals surface area contributed by atoms with E-state index in [1.807, 2.05) is 21.3 Å². The fraction of sp³-hybridized carbons (Fsp3) is 0.250. The summed E-state index contributed by atoms with van der Waals surface area (Å²) in [5.41, 5.74) is 0. The van der Waals surface area contributed by atoms with Crippen LogP contribution in [0.5, 0.6) is 11.5 Å². The van der Waals surface area contributed by atoms with Crippen molar-refractivity contribution in [3.8, 4) is 11.5 Å². The van der Waals surface area contributed by atoms with Crippen molar-refractivity contribution in [2.24, 2.45) is 0 Å². The fourth-order valence-electron chi connectivity index (χ4n) is 1.09. The number of ether oxygens (including phenoxy) is 2. The summed E-state index contributed by atoms with van der Waals surface area (Å²) in [6.45, 7) is 0. The van der Waals surface area contributed by atoms with Gasteiger partial charge in [0, 0.05) is 0 Å². The number of hydrogen-bond acceptors (Lipinski definition) is 4. The SMILES string of the molecule is COc1ccc(OC)c2c1SS[Se]2. The average Bonchev–Trinajstić information content (AvgIpc) is 2.64. The molecular formula is C8H8O2S2Se. The first-order valence-corrected chi connectivity index (χ1v) is 8.66. The summed E-state index contributed by atoms with van der Waals surface area (Å²) in [4.78, 5) is 1.24. The van der Waals surface area contributed by atoms with E-state index in [2.05, 4.69) is 0 Å². The van der Waals surface area contributed by atoms with Gasteiger partial charge in [0.2, 0.25) is 0 Å². The molecule has 0 radical (unpaired) electrons. The van der Waals surface area contributed by atoms with Crippen LogP contribution in [0, 0.1) is 0 Å². The molecule has 0 unspecified atom stereocenters. The van der Waals surface area contributed by atoms with Crippen LogP contribution in [0.4, 0.5) is 0 Å². The van der Waals surface area contributed by atoms with Crippen LogP contribution >= 0.6 is 20.0 Å². The molecule has 13 heavy (non-hydrogen) atoms. The maximum atomic E-state index is 5.29. The quantitative estimate of drug-likeness (QED) is 0.605. The van der Waals surface area contributed by atoms with E-state index in [9.17, 15) is 0 Å². The van der Waals surface area contributed by atoms with Gasteiger partial charge >= 0.3 is 90.5 Å². The van der Waals surface area contributed by atoms with E-state index in [1.54, 1.807) is 25.0 Å². The van der Waals surface area contributed by atoms with E-state index >= 15 is 0 Å². The van der Waals surface area contributed by atoms with Gasteiger partial charge in [0.05, 0.1) is 0 Å². The molecule has 1 aliphatic rings. The number of benzene rings is 1. The van der Waals surface area contributed by atoms with Crippen molar-refractivity contribution in [1.29, 1.82) is 0 Å². The van der Waals surface area contributed by atoms with E-state index < -0.39 is 0 Å². The summed E-state index contributed by atoms with van der Waals surface area (Å²) in [7, 11) is 7.09. The van der Waals surface area contributed by atoms with E-state index in [0.29, 0.717) is 13.8 Å². The molecule has 0 saturated heterocycles. The Balaban J connectivity index is 2.52. The van der Waals surface area contributed by atoms with Gasteiger partial charge in [0.1, 0.15) is 0 Å². The molecule has 1 heterocycles. The Bertz CT molecular complexity index is 299. The van der Waals surface area contributed by atoms with Crippen LogP contribution in [0.2, 0.25) is 0 Å². The second-order valence-electron chi connectivity index (χ2n) is 2.36. The van der Waals surface area contributed by atoms with Crippen LogP contribution in [0.1, 0.15) is 0 Å². The molecule has 0 amide bonds. The topological polar surface area (TPSA) is 18.5 Å². The Labute approximate surface area is 90.4 Å². The van der Waals surface area contributed by atoms with Gasteiger partial charge in [-0.2, -0.15) is 0 Å². The molecule has 0 saturated carbocycles. The van der Waals surface area contributed by atoms with Gasteiger partial charge in [-0.15, -0.1) is 0 Å². The van der Waals surface area contributed by atoms with Crippen LogP contribution in [0.25, 0.3) is 0 Å². The van der Waals surface area contributed by atoms with Crippen molar-refractivity contribution in [2.45, 2.75) is 4.90 Å². The van der Waals surface area contributed by atoms with Crippen LogP contribution < -0.4 is 13.9 Å². The Morgan fingerprint density at radius 1 is 1.15 bits per heavy atom. The van der Waals surface area contributed by atoms with Crippen molar-refractivity contribution < 1.29 is 9.47 Å². The summed E-state index contributed by atoms with van der Waals surface area (Å²) in [6, 6.07) is 3.94. The van der Waals surface area contributed by atoms with Gasteiger partial charge in [-0.1, -0.05) is 0 Å². The van der Waals surface area contributed by atoms with Gasteiger partial charge in [-0.3, -0.25) is 0 Å². The van der Waals surface area contributed by atoms with Crippen molar-refractivity contribution >= 4 is 38.3 Å². The number of rotatable bonds is 2. The number of methoxy groups -OCH3 is 2. The zero-order chi connectivity index (χ0) is 9.26. The molecule has 0 aliphatic carbocycles. The standard InChI is InChI=1S/C8H8O2S2Se/c1-9-5-3-4-6(10-2)8-7(5)11-12-13-8/h3-4H,1-2H3. The normalized spacial score (nSPS) is 14.0. The molecule has 0 fully saturated rings. The molecule has 0 aromatic heterocycles. The molecule has 0 N–H and O–H groups in total. The van der Waals surface area contributed by atoms with E-state index in [0.717, 1.165) is 11.5 Å². The van der Waals surface area contributed by atoms with Crippen LogP contribution in [-0.4, -0.2) is 28.1 Å². The third-order valence-corrected chi connectivity index (χ3v) is 8.26. The zero-order valence-electron chi connectivity index (χ0n) is 7.20. The van der Waals surface area contributed by atoms with Crippen LogP contribution in [-0.2, 0) is 0 Å². The third kappa shape index (κ3) is 1.66. The molecule has 1 aliphatic heterocycles. The molecule has 0 bridgehead atoms. The molecule has 1 aromatic carbocycles. The maximum absolute atomic E-state index is 5.29. The van der Waals surface area contributed by atoms with Crippen LogP contribution in [0.3, 0.4) is 0 Å². The minimum atomic E-state index is 0.458. The summed E-state index contributed by atoms with van der Waals surface area (Å²) in [6.07, 6.45) is 0. The molecule has 5 heteroatoms. The Morgan fingerprint density at radius 3 is 2.54 bits per heavy atom. The second kappa shape index (κ2) is 4.05. The van der Waals surface area contributed by atoms with E-state index in [1.165, 1.54) is 9.36 Å². The van der Waals surface area contributed by atoms with Gasteiger partial charge < -0.3 is 0 Å². The van der Waals surface area contributed by atoms with Gasteiger partial charge in [0.25, 0.3) is 0 Å². The monoisotopic (exact) mass is 280 g/mol. The molecule has 2 rings (SSSR count). The summed E-state index contributed by atoms with van der Waals surface area (Å²) >= 11 is 0.458. The molecular weight excluding hydrogens is 271 g/mol. The molecule has 0 spiro atoms. The van der Waals surface area contributed by atoms with Crippen molar-refractivity contribution in [1.82, 2.24) is 0 Å². The predicted octanol–water partition coefficient (Wildman–Crippen LogP) is 1.70. The first-order chi connectivity index (χ1) is 6.36. The number of hydrogen-bond donors (Lipinski definition) is 0. The Kier molecular flexibility index (Phi) is 2.99. The first kappa shape index (κ1) is 9.59. The third-order valence-electron chi connectivity index (χ3n) is 1.71. The summed E-state index contributed by atoms with van der Waals surface area (Å²) < 4.78 is 11.9. The summed E-state index contributed by atoms with van der Waals surface area (Å²) in [5, 5.41) is 0. The fourth-order valence-corrected chi connectivity index (χ4v) is 8.72. The summed E-state index contributed by atoms with van der Waals surface area (Å²) in [5.74, 6) is 1.96. The molecule has 1 aromatic rings.